The summed E-state index contributed by atoms with van der Waals surface area (Å²) >= 11 is 0. The van der Waals surface area contributed by atoms with E-state index >= 15 is 0 Å². The molecule has 2 aromatic carbocycles. The lowest BCUT2D eigenvalue weighted by atomic mass is 10.1. The van der Waals surface area contributed by atoms with Gasteiger partial charge in [0.2, 0.25) is 0 Å². The second-order valence-corrected chi connectivity index (χ2v) is 5.92. The molecule has 2 nitrogen and oxygen atoms in total. The highest BCUT2D eigenvalue weighted by Gasteiger charge is 1.94. The van der Waals surface area contributed by atoms with E-state index in [4.69, 9.17) is 4.74 Å². The molecule has 0 heterocycles. The van der Waals surface area contributed by atoms with E-state index in [1.54, 1.807) is 0 Å². The van der Waals surface area contributed by atoms with E-state index in [1.165, 1.54) is 24.0 Å². The van der Waals surface area contributed by atoms with Gasteiger partial charge in [0.1, 0.15) is 0 Å². The van der Waals surface area contributed by atoms with Gasteiger partial charge < -0.3 is 10.1 Å². The fourth-order valence-electron chi connectivity index (χ4n) is 2.56. The Bertz CT molecular complexity index is 456. The summed E-state index contributed by atoms with van der Waals surface area (Å²) in [7, 11) is 0. The molecule has 0 atom stereocenters. The zero-order valence-corrected chi connectivity index (χ0v) is 15.3. The number of halogens is 1. The van der Waals surface area contributed by atoms with Gasteiger partial charge in [-0.2, -0.15) is 0 Å². The van der Waals surface area contributed by atoms with Gasteiger partial charge in [-0.3, -0.25) is 0 Å². The molecule has 0 bridgehead atoms. The lowest BCUT2D eigenvalue weighted by Crippen LogP contribution is -2.15. The normalized spacial score (nSPS) is 10.3. The highest BCUT2D eigenvalue weighted by Crippen LogP contribution is 2.04. The minimum atomic E-state index is 0. The van der Waals surface area contributed by atoms with Crippen LogP contribution in [0.4, 0.5) is 0 Å². The number of rotatable bonds is 12. The molecule has 24 heavy (non-hydrogen) atoms. The Morgan fingerprint density at radius 2 is 1.25 bits per heavy atom. The van der Waals surface area contributed by atoms with Crippen LogP contribution in [0.3, 0.4) is 0 Å². The molecule has 2 aromatic rings. The first-order valence-corrected chi connectivity index (χ1v) is 8.81. The summed E-state index contributed by atoms with van der Waals surface area (Å²) in [6.07, 6.45) is 5.84. The zero-order chi connectivity index (χ0) is 16.0. The van der Waals surface area contributed by atoms with Crippen molar-refractivity contribution in [2.45, 2.75) is 38.6 Å². The lowest BCUT2D eigenvalue weighted by molar-refractivity contribution is 0.126. The van der Waals surface area contributed by atoms with Gasteiger partial charge in [0.25, 0.3) is 0 Å². The van der Waals surface area contributed by atoms with Crippen molar-refractivity contribution >= 4 is 12.4 Å². The van der Waals surface area contributed by atoms with Crippen LogP contribution >= 0.6 is 12.4 Å². The number of hydrogen-bond acceptors (Lipinski definition) is 2. The maximum absolute atomic E-state index is 5.71. The van der Waals surface area contributed by atoms with Crippen molar-refractivity contribution in [1.82, 2.24) is 5.32 Å². The first-order valence-electron chi connectivity index (χ1n) is 8.81. The van der Waals surface area contributed by atoms with E-state index in [1.807, 2.05) is 0 Å². The highest BCUT2D eigenvalue weighted by atomic mass is 35.5. The number of aryl methyl sites for hydroxylation is 1. The van der Waals surface area contributed by atoms with E-state index < -0.39 is 0 Å². The molecule has 0 amide bonds. The Balaban J connectivity index is 0.00000288. The predicted molar refractivity (Wildman–Crippen MR) is 105 cm³/mol. The molecule has 3 heteroatoms. The number of unbranched alkanes of at least 4 members (excludes halogenated alkanes) is 2. The first-order chi connectivity index (χ1) is 11.4. The van der Waals surface area contributed by atoms with Gasteiger partial charge in [-0.15, -0.1) is 12.4 Å². The summed E-state index contributed by atoms with van der Waals surface area (Å²) in [4.78, 5) is 0. The summed E-state index contributed by atoms with van der Waals surface area (Å²) in [5.41, 5.74) is 2.78. The Morgan fingerprint density at radius 1 is 0.667 bits per heavy atom. The Labute approximate surface area is 153 Å². The summed E-state index contributed by atoms with van der Waals surface area (Å²) in [5, 5.41) is 3.48. The van der Waals surface area contributed by atoms with E-state index in [9.17, 15) is 0 Å². The zero-order valence-electron chi connectivity index (χ0n) is 14.5. The molecule has 1 N–H and O–H groups in total. The van der Waals surface area contributed by atoms with Crippen LogP contribution in [-0.4, -0.2) is 19.8 Å². The third-order valence-electron chi connectivity index (χ3n) is 3.91. The average molecular weight is 348 g/mol. The van der Waals surface area contributed by atoms with Crippen LogP contribution < -0.4 is 5.32 Å². The third-order valence-corrected chi connectivity index (χ3v) is 3.91. The molecule has 0 aliphatic rings. The van der Waals surface area contributed by atoms with Crippen molar-refractivity contribution in [2.24, 2.45) is 0 Å². The van der Waals surface area contributed by atoms with Crippen LogP contribution in [0.25, 0.3) is 0 Å². The fraction of sp³-hybridized carbons (Fsp3) is 0.429. The Morgan fingerprint density at radius 3 is 1.92 bits per heavy atom. The predicted octanol–water partition coefficient (Wildman–Crippen LogP) is 5.02. The van der Waals surface area contributed by atoms with Crippen LogP contribution in [-0.2, 0) is 17.7 Å². The van der Waals surface area contributed by atoms with E-state index in [2.05, 4.69) is 66.0 Å². The first kappa shape index (κ1) is 20.7. The molecule has 0 saturated heterocycles. The van der Waals surface area contributed by atoms with Crippen LogP contribution in [0.15, 0.2) is 60.7 Å². The van der Waals surface area contributed by atoms with Crippen molar-refractivity contribution in [3.63, 3.8) is 0 Å². The van der Waals surface area contributed by atoms with Gasteiger partial charge in [-0.05, 0) is 49.8 Å². The standard InChI is InChI=1S/C21H29NO.ClH/c1-3-11-20(12-4-1)13-7-9-17-23-18-10-8-16-22-19-21-14-5-2-6-15-21;/h1-6,11-12,14-15,22H,7-10,13,16-19H2;1H. The molecule has 0 unspecified atom stereocenters. The molecule has 132 valence electrons. The fourth-order valence-corrected chi connectivity index (χ4v) is 2.56. The summed E-state index contributed by atoms with van der Waals surface area (Å²) in [5.74, 6) is 0. The second kappa shape index (κ2) is 14.0. The molecule has 0 fully saturated rings. The molecule has 0 saturated carbocycles. The molecule has 0 aromatic heterocycles. The smallest absolute Gasteiger partial charge is 0.0466 e. The molecule has 0 spiro atoms. The van der Waals surface area contributed by atoms with Crippen molar-refractivity contribution in [1.29, 1.82) is 0 Å². The van der Waals surface area contributed by atoms with Gasteiger partial charge in [0.05, 0.1) is 0 Å². The largest absolute Gasteiger partial charge is 0.381 e. The van der Waals surface area contributed by atoms with E-state index in [0.717, 1.165) is 45.6 Å². The van der Waals surface area contributed by atoms with Crippen LogP contribution in [0, 0.1) is 0 Å². The molecular weight excluding hydrogens is 318 g/mol. The van der Waals surface area contributed by atoms with Crippen molar-refractivity contribution in [2.75, 3.05) is 19.8 Å². The maximum atomic E-state index is 5.71. The van der Waals surface area contributed by atoms with Crippen molar-refractivity contribution in [3.05, 3.63) is 71.8 Å². The number of hydrogen-bond donors (Lipinski definition) is 1. The molecule has 0 aliphatic heterocycles. The Hall–Kier alpha value is -1.35. The minimum absolute atomic E-state index is 0. The number of ether oxygens (including phenoxy) is 1. The minimum Gasteiger partial charge on any atom is -0.381 e. The number of nitrogens with one attached hydrogen (secondary N) is 1. The van der Waals surface area contributed by atoms with Gasteiger partial charge in [0, 0.05) is 19.8 Å². The van der Waals surface area contributed by atoms with Crippen molar-refractivity contribution in [3.8, 4) is 0 Å². The quantitative estimate of drug-likeness (QED) is 0.544. The Kier molecular flexibility index (Phi) is 12.1. The molecular formula is C21H30ClNO. The second-order valence-electron chi connectivity index (χ2n) is 5.92. The maximum Gasteiger partial charge on any atom is 0.0466 e. The van der Waals surface area contributed by atoms with Crippen LogP contribution in [0.1, 0.15) is 36.8 Å². The third kappa shape index (κ3) is 9.71. The molecule has 0 aliphatic carbocycles. The van der Waals surface area contributed by atoms with Gasteiger partial charge in [-0.25, -0.2) is 0 Å². The van der Waals surface area contributed by atoms with E-state index in [-0.39, 0.29) is 12.4 Å². The average Bonchev–Trinajstić information content (AvgIpc) is 2.61. The highest BCUT2D eigenvalue weighted by molar-refractivity contribution is 5.85. The molecule has 2 rings (SSSR count). The van der Waals surface area contributed by atoms with Gasteiger partial charge >= 0.3 is 0 Å². The monoisotopic (exact) mass is 347 g/mol. The van der Waals surface area contributed by atoms with Crippen LogP contribution in [0.2, 0.25) is 0 Å². The topological polar surface area (TPSA) is 21.3 Å². The van der Waals surface area contributed by atoms with Gasteiger partial charge in [-0.1, -0.05) is 60.7 Å². The van der Waals surface area contributed by atoms with E-state index in [0.29, 0.717) is 0 Å². The lowest BCUT2D eigenvalue weighted by Gasteiger charge is -2.06. The SMILES string of the molecule is Cl.c1ccc(CCCCOCCCCNCc2ccccc2)cc1. The summed E-state index contributed by atoms with van der Waals surface area (Å²) < 4.78 is 5.71. The van der Waals surface area contributed by atoms with Crippen molar-refractivity contribution < 1.29 is 4.74 Å². The summed E-state index contributed by atoms with van der Waals surface area (Å²) in [6, 6.07) is 21.2. The number of benzene rings is 2. The molecule has 0 radical (unpaired) electrons. The van der Waals surface area contributed by atoms with Gasteiger partial charge in [0.15, 0.2) is 0 Å². The van der Waals surface area contributed by atoms with Crippen LogP contribution in [0.5, 0.6) is 0 Å². The summed E-state index contributed by atoms with van der Waals surface area (Å²) in [6.45, 7) is 3.80.